The summed E-state index contributed by atoms with van der Waals surface area (Å²) in [6, 6.07) is 4.07. The Hall–Kier alpha value is -2.65. The maximum atomic E-state index is 13.1. The van der Waals surface area contributed by atoms with Crippen LogP contribution in [-0.4, -0.2) is 52.4 Å². The summed E-state index contributed by atoms with van der Waals surface area (Å²) in [5, 5.41) is 7.34. The van der Waals surface area contributed by atoms with E-state index < -0.39 is 0 Å². The van der Waals surface area contributed by atoms with E-state index in [0.717, 1.165) is 46.7 Å². The van der Waals surface area contributed by atoms with Crippen LogP contribution in [0.5, 0.6) is 5.75 Å². The fourth-order valence-corrected chi connectivity index (χ4v) is 4.30. The van der Waals surface area contributed by atoms with Crippen molar-refractivity contribution in [1.29, 1.82) is 0 Å². The summed E-state index contributed by atoms with van der Waals surface area (Å²) in [4.78, 5) is 19.7. The summed E-state index contributed by atoms with van der Waals surface area (Å²) in [5.41, 5.74) is 3.47. The Morgan fingerprint density at radius 3 is 2.83 bits per heavy atom. The molecule has 1 amide bonds. The largest absolute Gasteiger partial charge is 0.487 e. The Morgan fingerprint density at radius 1 is 1.23 bits per heavy atom. The van der Waals surface area contributed by atoms with Crippen LogP contribution < -0.4 is 15.0 Å². The summed E-state index contributed by atoms with van der Waals surface area (Å²) in [7, 11) is 0. The summed E-state index contributed by atoms with van der Waals surface area (Å²) in [5.74, 6) is 0.634. The van der Waals surface area contributed by atoms with Crippen LogP contribution in [0.2, 0.25) is 0 Å². The molecule has 9 heteroatoms. The van der Waals surface area contributed by atoms with Crippen molar-refractivity contribution in [2.24, 2.45) is 0 Å². The van der Waals surface area contributed by atoms with Gasteiger partial charge in [-0.2, -0.15) is 5.10 Å². The average molecular weight is 472 g/mol. The monoisotopic (exact) mass is 471 g/mol. The first-order chi connectivity index (χ1) is 14.4. The van der Waals surface area contributed by atoms with Crippen LogP contribution in [0.1, 0.15) is 29.8 Å². The number of benzene rings is 1. The van der Waals surface area contributed by atoms with Crippen molar-refractivity contribution < 1.29 is 14.3 Å². The van der Waals surface area contributed by atoms with Gasteiger partial charge in [-0.05, 0) is 35.8 Å². The third kappa shape index (κ3) is 3.52. The van der Waals surface area contributed by atoms with E-state index in [2.05, 4.69) is 50.1 Å². The quantitative estimate of drug-likeness (QED) is 0.630. The highest BCUT2D eigenvalue weighted by molar-refractivity contribution is 9.10. The van der Waals surface area contributed by atoms with Crippen LogP contribution in [0.3, 0.4) is 0 Å². The zero-order valence-electron chi connectivity index (χ0n) is 16.8. The molecule has 0 aliphatic carbocycles. The smallest absolute Gasteiger partial charge is 0.261 e. The van der Waals surface area contributed by atoms with Crippen LogP contribution in [-0.2, 0) is 11.2 Å². The molecule has 2 aromatic heterocycles. The van der Waals surface area contributed by atoms with E-state index in [4.69, 9.17) is 9.47 Å². The number of morpholine rings is 1. The molecule has 156 valence electrons. The zero-order valence-corrected chi connectivity index (χ0v) is 18.4. The first kappa shape index (κ1) is 19.3. The number of nitrogens with zero attached hydrogens (tertiary/aromatic N) is 4. The van der Waals surface area contributed by atoms with E-state index in [1.54, 1.807) is 16.9 Å². The average Bonchev–Trinajstić information content (AvgIpc) is 3.26. The van der Waals surface area contributed by atoms with Crippen LogP contribution in [0.4, 0.5) is 11.4 Å². The molecular weight excluding hydrogens is 450 g/mol. The van der Waals surface area contributed by atoms with Crippen LogP contribution in [0.25, 0.3) is 5.65 Å². The van der Waals surface area contributed by atoms with Gasteiger partial charge >= 0.3 is 0 Å². The minimum Gasteiger partial charge on any atom is -0.487 e. The summed E-state index contributed by atoms with van der Waals surface area (Å²) in [6.07, 6.45) is 5.76. The lowest BCUT2D eigenvalue weighted by atomic mass is 10.0. The molecule has 4 heterocycles. The van der Waals surface area contributed by atoms with E-state index in [1.165, 1.54) is 6.20 Å². The lowest BCUT2D eigenvalue weighted by Crippen LogP contribution is -2.36. The van der Waals surface area contributed by atoms with Crippen molar-refractivity contribution in [3.8, 4) is 5.75 Å². The molecule has 2 aliphatic heterocycles. The van der Waals surface area contributed by atoms with Gasteiger partial charge in [-0.15, -0.1) is 0 Å². The molecule has 0 atom stereocenters. The summed E-state index contributed by atoms with van der Waals surface area (Å²) >= 11 is 3.37. The van der Waals surface area contributed by atoms with Gasteiger partial charge in [0, 0.05) is 43.5 Å². The number of hydrogen-bond donors (Lipinski definition) is 1. The number of carbonyl (C=O) groups excluding carboxylic acids is 1. The highest BCUT2D eigenvalue weighted by Gasteiger charge is 2.32. The molecule has 0 saturated carbocycles. The molecule has 8 nitrogen and oxygen atoms in total. The number of nitrogens with one attached hydrogen (secondary N) is 1. The van der Waals surface area contributed by atoms with E-state index in [-0.39, 0.29) is 11.5 Å². The highest BCUT2D eigenvalue weighted by Crippen LogP contribution is 2.42. The van der Waals surface area contributed by atoms with Gasteiger partial charge in [-0.1, -0.05) is 0 Å². The van der Waals surface area contributed by atoms with Gasteiger partial charge in [0.1, 0.15) is 16.9 Å². The lowest BCUT2D eigenvalue weighted by Gasteiger charge is -2.31. The van der Waals surface area contributed by atoms with Crippen molar-refractivity contribution in [3.05, 3.63) is 46.3 Å². The first-order valence-corrected chi connectivity index (χ1v) is 10.7. The second-order valence-corrected chi connectivity index (χ2v) is 9.08. The molecule has 0 bridgehead atoms. The second-order valence-electron chi connectivity index (χ2n) is 8.17. The topological polar surface area (TPSA) is 81.0 Å². The highest BCUT2D eigenvalue weighted by atomic mass is 79.9. The number of amides is 1. The SMILES string of the molecule is CC1(C)Cc2cc(NC(=O)c3cnn4cc(Br)cnc34)c(N3CCOCC3)cc2O1. The maximum Gasteiger partial charge on any atom is 0.261 e. The Bertz CT molecular complexity index is 1140. The molecule has 0 spiro atoms. The number of halogens is 1. The van der Waals surface area contributed by atoms with Gasteiger partial charge in [0.25, 0.3) is 5.91 Å². The number of rotatable bonds is 3. The van der Waals surface area contributed by atoms with E-state index in [1.807, 2.05) is 12.1 Å². The normalized spacial score (nSPS) is 17.6. The summed E-state index contributed by atoms with van der Waals surface area (Å²) < 4.78 is 14.0. The van der Waals surface area contributed by atoms with Gasteiger partial charge in [0.2, 0.25) is 0 Å². The molecule has 3 aromatic rings. The van der Waals surface area contributed by atoms with E-state index in [9.17, 15) is 4.79 Å². The number of ether oxygens (including phenoxy) is 2. The summed E-state index contributed by atoms with van der Waals surface area (Å²) in [6.45, 7) is 6.98. The van der Waals surface area contributed by atoms with Gasteiger partial charge < -0.3 is 19.7 Å². The van der Waals surface area contributed by atoms with Crippen molar-refractivity contribution in [2.75, 3.05) is 36.5 Å². The van der Waals surface area contributed by atoms with Crippen molar-refractivity contribution in [2.45, 2.75) is 25.9 Å². The van der Waals surface area contributed by atoms with Gasteiger partial charge in [-0.3, -0.25) is 4.79 Å². The van der Waals surface area contributed by atoms with Crippen LogP contribution in [0, 0.1) is 0 Å². The molecule has 1 fully saturated rings. The van der Waals surface area contributed by atoms with Crippen molar-refractivity contribution in [1.82, 2.24) is 14.6 Å². The molecule has 0 radical (unpaired) electrons. The first-order valence-electron chi connectivity index (χ1n) is 9.88. The Kier molecular flexibility index (Phi) is 4.67. The predicted molar refractivity (Wildman–Crippen MR) is 117 cm³/mol. The third-order valence-corrected chi connectivity index (χ3v) is 5.76. The number of hydrogen-bond acceptors (Lipinski definition) is 6. The van der Waals surface area contributed by atoms with Gasteiger partial charge in [-0.25, -0.2) is 9.50 Å². The van der Waals surface area contributed by atoms with E-state index >= 15 is 0 Å². The molecule has 2 aliphatic rings. The standard InChI is InChI=1S/C21H22BrN5O3/c1-21(2)9-13-7-16(17(8-18(13)30-21)26-3-5-29-6-4-26)25-20(28)15-11-24-27-12-14(22)10-23-19(15)27/h7-8,10-12H,3-6,9H2,1-2H3,(H,25,28). The van der Waals surface area contributed by atoms with E-state index in [0.29, 0.717) is 24.4 Å². The maximum absolute atomic E-state index is 13.1. The second kappa shape index (κ2) is 7.24. The van der Waals surface area contributed by atoms with Crippen LogP contribution in [0.15, 0.2) is 35.2 Å². The fourth-order valence-electron chi connectivity index (χ4n) is 4.01. The molecule has 0 unspecified atom stereocenters. The zero-order chi connectivity index (χ0) is 20.9. The number of aromatic nitrogens is 3. The predicted octanol–water partition coefficient (Wildman–Crippen LogP) is 3.29. The molecule has 5 rings (SSSR count). The minimum absolute atomic E-state index is 0.243. The van der Waals surface area contributed by atoms with Crippen LogP contribution >= 0.6 is 15.9 Å². The molecule has 1 aromatic carbocycles. The van der Waals surface area contributed by atoms with Crippen molar-refractivity contribution >= 4 is 38.9 Å². The lowest BCUT2D eigenvalue weighted by molar-refractivity contribution is 0.102. The molecule has 30 heavy (non-hydrogen) atoms. The Balaban J connectivity index is 1.51. The molecular formula is C21H22BrN5O3. The number of fused-ring (bicyclic) bond motifs is 2. The molecule has 1 saturated heterocycles. The van der Waals surface area contributed by atoms with Gasteiger partial charge in [0.15, 0.2) is 5.65 Å². The minimum atomic E-state index is -0.257. The Labute approximate surface area is 182 Å². The van der Waals surface area contributed by atoms with Gasteiger partial charge in [0.05, 0.1) is 35.3 Å². The Morgan fingerprint density at radius 2 is 2.03 bits per heavy atom. The fraction of sp³-hybridized carbons (Fsp3) is 0.381. The third-order valence-electron chi connectivity index (χ3n) is 5.35. The van der Waals surface area contributed by atoms with Crippen molar-refractivity contribution in [3.63, 3.8) is 0 Å². The molecule has 1 N–H and O–H groups in total. The number of anilines is 2. The number of carbonyl (C=O) groups is 1.